The quantitative estimate of drug-likeness (QED) is 0.828. The van der Waals surface area contributed by atoms with E-state index < -0.39 is 0 Å². The maximum atomic E-state index is 11.7. The van der Waals surface area contributed by atoms with E-state index in [1.54, 1.807) is 12.1 Å². The van der Waals surface area contributed by atoms with E-state index in [1.807, 2.05) is 13.8 Å². The lowest BCUT2D eigenvalue weighted by atomic mass is 10.1. The molecule has 0 spiro atoms. The Morgan fingerprint density at radius 2 is 2.31 bits per heavy atom. The van der Waals surface area contributed by atoms with Crippen molar-refractivity contribution >= 4 is 23.3 Å². The molecule has 1 heterocycles. The van der Waals surface area contributed by atoms with Gasteiger partial charge in [0.15, 0.2) is 0 Å². The Labute approximate surface area is 100 Å². The fraction of sp³-hybridized carbons (Fsp3) is 0.455. The number of nitrogens with one attached hydrogen (secondary N) is 2. The van der Waals surface area contributed by atoms with Crippen LogP contribution in [0.3, 0.4) is 0 Å². The number of aromatic nitrogens is 1. The molecule has 16 heavy (non-hydrogen) atoms. The number of pyridine rings is 1. The van der Waals surface area contributed by atoms with Crippen LogP contribution in [0, 0.1) is 5.92 Å². The van der Waals surface area contributed by atoms with Crippen molar-refractivity contribution < 1.29 is 4.79 Å². The largest absolute Gasteiger partial charge is 0.316 e. The highest BCUT2D eigenvalue weighted by atomic mass is 35.5. The summed E-state index contributed by atoms with van der Waals surface area (Å²) in [5.74, 6) is 0.394. The minimum atomic E-state index is -0.0857. The number of hydrogen-bond donors (Lipinski definition) is 2. The van der Waals surface area contributed by atoms with Gasteiger partial charge < -0.3 is 10.6 Å². The van der Waals surface area contributed by atoms with E-state index >= 15 is 0 Å². The molecule has 1 aromatic heterocycles. The number of carbonyl (C=O) groups is 1. The summed E-state index contributed by atoms with van der Waals surface area (Å²) in [7, 11) is 0. The second-order valence-electron chi connectivity index (χ2n) is 3.56. The van der Waals surface area contributed by atoms with E-state index in [0.29, 0.717) is 17.4 Å². The summed E-state index contributed by atoms with van der Waals surface area (Å²) in [5.41, 5.74) is 0. The number of nitrogens with zero attached hydrogens (tertiary/aromatic N) is 1. The van der Waals surface area contributed by atoms with Gasteiger partial charge in [-0.2, -0.15) is 0 Å². The van der Waals surface area contributed by atoms with Crippen molar-refractivity contribution in [2.45, 2.75) is 13.8 Å². The Bertz CT molecular complexity index is 340. The number of anilines is 1. The lowest BCUT2D eigenvalue weighted by Crippen LogP contribution is -2.30. The van der Waals surface area contributed by atoms with Crippen molar-refractivity contribution in [3.63, 3.8) is 0 Å². The van der Waals surface area contributed by atoms with Gasteiger partial charge in [-0.3, -0.25) is 4.79 Å². The highest BCUT2D eigenvalue weighted by Crippen LogP contribution is 2.10. The summed E-state index contributed by atoms with van der Waals surface area (Å²) >= 11 is 5.69. The number of amides is 1. The van der Waals surface area contributed by atoms with Gasteiger partial charge in [0.05, 0.1) is 5.02 Å². The lowest BCUT2D eigenvalue weighted by molar-refractivity contribution is -0.119. The topological polar surface area (TPSA) is 54.0 Å². The average Bonchev–Trinajstić information content (AvgIpc) is 2.29. The molecular formula is C11H16ClN3O. The lowest BCUT2D eigenvalue weighted by Gasteiger charge is -2.11. The number of rotatable bonds is 5. The van der Waals surface area contributed by atoms with Crippen LogP contribution in [-0.2, 0) is 4.79 Å². The van der Waals surface area contributed by atoms with E-state index in [2.05, 4.69) is 15.6 Å². The molecule has 0 saturated heterocycles. The summed E-state index contributed by atoms with van der Waals surface area (Å²) in [6.07, 6.45) is 1.51. The van der Waals surface area contributed by atoms with E-state index in [9.17, 15) is 4.79 Å². The Morgan fingerprint density at radius 1 is 1.56 bits per heavy atom. The third-order valence-corrected chi connectivity index (χ3v) is 2.35. The number of hydrogen-bond acceptors (Lipinski definition) is 3. The molecule has 88 valence electrons. The minimum absolute atomic E-state index is 0.0456. The fourth-order valence-corrected chi connectivity index (χ4v) is 1.26. The standard InChI is InChI=1S/C11H16ClN3O/c1-3-13-6-8(2)11(16)15-10-5-4-9(12)7-14-10/h4-5,7-8,13H,3,6H2,1-2H3,(H,14,15,16). The number of carbonyl (C=O) groups excluding carboxylic acids is 1. The molecule has 0 bridgehead atoms. The van der Waals surface area contributed by atoms with Crippen LogP contribution in [0.5, 0.6) is 0 Å². The molecule has 1 rings (SSSR count). The zero-order chi connectivity index (χ0) is 12.0. The van der Waals surface area contributed by atoms with Gasteiger partial charge in [-0.1, -0.05) is 25.4 Å². The molecule has 0 saturated carbocycles. The molecule has 0 aliphatic heterocycles. The van der Waals surface area contributed by atoms with Crippen LogP contribution >= 0.6 is 11.6 Å². The first-order valence-electron chi connectivity index (χ1n) is 5.26. The molecule has 1 aromatic rings. The van der Waals surface area contributed by atoms with Gasteiger partial charge in [0, 0.05) is 18.7 Å². The van der Waals surface area contributed by atoms with Gasteiger partial charge in [0.25, 0.3) is 0 Å². The van der Waals surface area contributed by atoms with Gasteiger partial charge in [-0.25, -0.2) is 4.98 Å². The van der Waals surface area contributed by atoms with Crippen LogP contribution in [0.2, 0.25) is 5.02 Å². The van der Waals surface area contributed by atoms with Crippen molar-refractivity contribution in [1.82, 2.24) is 10.3 Å². The van der Waals surface area contributed by atoms with Crippen LogP contribution in [0.1, 0.15) is 13.8 Å². The summed E-state index contributed by atoms with van der Waals surface area (Å²) < 4.78 is 0. The molecular weight excluding hydrogens is 226 g/mol. The summed E-state index contributed by atoms with van der Waals surface area (Å²) in [6.45, 7) is 5.39. The second kappa shape index (κ2) is 6.45. The Kier molecular flexibility index (Phi) is 5.22. The molecule has 4 nitrogen and oxygen atoms in total. The van der Waals surface area contributed by atoms with Gasteiger partial charge in [0.2, 0.25) is 5.91 Å². The molecule has 1 amide bonds. The maximum Gasteiger partial charge on any atom is 0.229 e. The minimum Gasteiger partial charge on any atom is -0.316 e. The van der Waals surface area contributed by atoms with Crippen molar-refractivity contribution in [3.05, 3.63) is 23.4 Å². The third kappa shape index (κ3) is 4.16. The van der Waals surface area contributed by atoms with Crippen LogP contribution in [0.4, 0.5) is 5.82 Å². The monoisotopic (exact) mass is 241 g/mol. The summed E-state index contributed by atoms with van der Waals surface area (Å²) in [6, 6.07) is 3.37. The Morgan fingerprint density at radius 3 is 2.88 bits per heavy atom. The van der Waals surface area contributed by atoms with Gasteiger partial charge in [0.1, 0.15) is 5.82 Å². The Balaban J connectivity index is 2.47. The SMILES string of the molecule is CCNCC(C)C(=O)Nc1ccc(Cl)cn1. The summed E-state index contributed by atoms with van der Waals surface area (Å²) in [4.78, 5) is 15.7. The third-order valence-electron chi connectivity index (χ3n) is 2.13. The zero-order valence-corrected chi connectivity index (χ0v) is 10.2. The molecule has 1 unspecified atom stereocenters. The molecule has 0 aromatic carbocycles. The second-order valence-corrected chi connectivity index (χ2v) is 4.00. The first-order valence-corrected chi connectivity index (χ1v) is 5.64. The van der Waals surface area contributed by atoms with Crippen molar-refractivity contribution in [3.8, 4) is 0 Å². The van der Waals surface area contributed by atoms with Crippen molar-refractivity contribution in [1.29, 1.82) is 0 Å². The van der Waals surface area contributed by atoms with Crippen LogP contribution < -0.4 is 10.6 Å². The van der Waals surface area contributed by atoms with E-state index in [1.165, 1.54) is 6.20 Å². The summed E-state index contributed by atoms with van der Waals surface area (Å²) in [5, 5.41) is 6.40. The zero-order valence-electron chi connectivity index (χ0n) is 9.46. The predicted molar refractivity (Wildman–Crippen MR) is 65.6 cm³/mol. The highest BCUT2D eigenvalue weighted by molar-refractivity contribution is 6.30. The van der Waals surface area contributed by atoms with Gasteiger partial charge in [-0.15, -0.1) is 0 Å². The van der Waals surface area contributed by atoms with Gasteiger partial charge in [-0.05, 0) is 18.7 Å². The highest BCUT2D eigenvalue weighted by Gasteiger charge is 2.12. The van der Waals surface area contributed by atoms with Gasteiger partial charge >= 0.3 is 0 Å². The van der Waals surface area contributed by atoms with Crippen LogP contribution in [-0.4, -0.2) is 24.0 Å². The molecule has 1 atom stereocenters. The maximum absolute atomic E-state index is 11.7. The first kappa shape index (κ1) is 12.9. The van der Waals surface area contributed by atoms with E-state index in [-0.39, 0.29) is 11.8 Å². The van der Waals surface area contributed by atoms with Crippen molar-refractivity contribution in [2.24, 2.45) is 5.92 Å². The normalized spacial score (nSPS) is 12.2. The molecule has 2 N–H and O–H groups in total. The predicted octanol–water partition coefficient (Wildman–Crippen LogP) is 1.92. The average molecular weight is 242 g/mol. The Hall–Kier alpha value is -1.13. The molecule has 0 aliphatic carbocycles. The van der Waals surface area contributed by atoms with E-state index in [0.717, 1.165) is 6.54 Å². The van der Waals surface area contributed by atoms with Crippen LogP contribution in [0.15, 0.2) is 18.3 Å². The van der Waals surface area contributed by atoms with E-state index in [4.69, 9.17) is 11.6 Å². The molecule has 0 aliphatic rings. The number of halogens is 1. The van der Waals surface area contributed by atoms with Crippen molar-refractivity contribution in [2.75, 3.05) is 18.4 Å². The molecule has 0 fully saturated rings. The smallest absolute Gasteiger partial charge is 0.229 e. The van der Waals surface area contributed by atoms with Crippen LogP contribution in [0.25, 0.3) is 0 Å². The molecule has 0 radical (unpaired) electrons. The molecule has 5 heteroatoms. The first-order chi connectivity index (χ1) is 7.63. The fourth-order valence-electron chi connectivity index (χ4n) is 1.15.